The number of piperazine rings is 1. The Morgan fingerprint density at radius 1 is 1.08 bits per heavy atom. The molecule has 0 unspecified atom stereocenters. The van der Waals surface area contributed by atoms with Crippen molar-refractivity contribution in [3.8, 4) is 11.5 Å². The first kappa shape index (κ1) is 24.2. The van der Waals surface area contributed by atoms with Gasteiger partial charge in [-0.15, -0.1) is 0 Å². The second-order valence-electron chi connectivity index (χ2n) is 9.03. The Morgan fingerprint density at radius 2 is 1.92 bits per heavy atom. The number of rotatable bonds is 6. The molecule has 4 aromatic heterocycles. The van der Waals surface area contributed by atoms with Gasteiger partial charge >= 0.3 is 0 Å². The SMILES string of the molecule is C=CC(=O)N1CCN(c2ncc3ncnc(Nc4ccc(Oc5ccn6ncnc6c5)c(C)c4)c3c2F)CC1. The lowest BCUT2D eigenvalue weighted by Crippen LogP contribution is -2.48. The number of carbonyl (C=O) groups is 1. The quantitative estimate of drug-likeness (QED) is 0.330. The zero-order chi connectivity index (χ0) is 26.9. The van der Waals surface area contributed by atoms with Crippen LogP contribution in [0.25, 0.3) is 16.6 Å². The maximum Gasteiger partial charge on any atom is 0.246 e. The number of halogens is 1. The van der Waals surface area contributed by atoms with Crippen LogP contribution >= 0.6 is 0 Å². The van der Waals surface area contributed by atoms with Crippen molar-refractivity contribution < 1.29 is 13.9 Å². The number of aryl methyl sites for hydroxylation is 1. The molecule has 1 N–H and O–H groups in total. The normalized spacial score (nSPS) is 13.6. The van der Waals surface area contributed by atoms with Gasteiger partial charge < -0.3 is 19.9 Å². The summed E-state index contributed by atoms with van der Waals surface area (Å²) in [7, 11) is 0. The number of fused-ring (bicyclic) bond motifs is 2. The summed E-state index contributed by atoms with van der Waals surface area (Å²) in [6, 6.07) is 9.18. The highest BCUT2D eigenvalue weighted by molar-refractivity contribution is 5.92. The fourth-order valence-electron chi connectivity index (χ4n) is 4.55. The van der Waals surface area contributed by atoms with E-state index < -0.39 is 5.82 Å². The zero-order valence-electron chi connectivity index (χ0n) is 21.1. The molecule has 1 saturated heterocycles. The number of hydrogen-bond donors (Lipinski definition) is 1. The number of carbonyl (C=O) groups excluding carboxylic acids is 1. The highest BCUT2D eigenvalue weighted by Crippen LogP contribution is 2.33. The van der Waals surface area contributed by atoms with Crippen LogP contribution in [-0.4, -0.2) is 66.5 Å². The molecule has 1 aliphatic rings. The number of benzene rings is 1. The summed E-state index contributed by atoms with van der Waals surface area (Å²) in [6.45, 7) is 7.28. The van der Waals surface area contributed by atoms with Gasteiger partial charge in [0, 0.05) is 44.1 Å². The minimum Gasteiger partial charge on any atom is -0.457 e. The van der Waals surface area contributed by atoms with E-state index in [0.717, 1.165) is 5.56 Å². The molecule has 5 heterocycles. The van der Waals surface area contributed by atoms with Crippen LogP contribution in [0, 0.1) is 12.7 Å². The van der Waals surface area contributed by atoms with Crippen molar-refractivity contribution >= 4 is 39.8 Å². The Kier molecular flexibility index (Phi) is 6.19. The Labute approximate surface area is 222 Å². The predicted molar refractivity (Wildman–Crippen MR) is 144 cm³/mol. The summed E-state index contributed by atoms with van der Waals surface area (Å²) >= 11 is 0. The van der Waals surface area contributed by atoms with E-state index in [-0.39, 0.29) is 17.1 Å². The van der Waals surface area contributed by atoms with Crippen LogP contribution < -0.4 is 15.0 Å². The van der Waals surface area contributed by atoms with E-state index in [4.69, 9.17) is 4.74 Å². The monoisotopic (exact) mass is 525 g/mol. The van der Waals surface area contributed by atoms with Crippen molar-refractivity contribution in [1.82, 2.24) is 34.4 Å². The molecule has 0 spiro atoms. The Morgan fingerprint density at radius 3 is 2.72 bits per heavy atom. The molecule has 0 aliphatic carbocycles. The van der Waals surface area contributed by atoms with E-state index in [2.05, 4.69) is 36.9 Å². The third-order valence-corrected chi connectivity index (χ3v) is 6.58. The lowest BCUT2D eigenvalue weighted by Gasteiger charge is -2.35. The van der Waals surface area contributed by atoms with E-state index >= 15 is 4.39 Å². The maximum atomic E-state index is 15.9. The average Bonchev–Trinajstić information content (AvgIpc) is 3.43. The van der Waals surface area contributed by atoms with Gasteiger partial charge in [-0.05, 0) is 42.8 Å². The van der Waals surface area contributed by atoms with Gasteiger partial charge in [0.1, 0.15) is 30.0 Å². The van der Waals surface area contributed by atoms with E-state index in [1.165, 1.54) is 24.9 Å². The fourth-order valence-corrected chi connectivity index (χ4v) is 4.55. The van der Waals surface area contributed by atoms with Gasteiger partial charge in [-0.1, -0.05) is 6.58 Å². The molecule has 0 bridgehead atoms. The summed E-state index contributed by atoms with van der Waals surface area (Å²) in [6.07, 6.45) is 7.46. The lowest BCUT2D eigenvalue weighted by atomic mass is 10.2. The summed E-state index contributed by atoms with van der Waals surface area (Å²) in [5.41, 5.74) is 2.65. The Balaban J connectivity index is 1.24. The number of amides is 1. The van der Waals surface area contributed by atoms with Crippen LogP contribution in [0.2, 0.25) is 0 Å². The van der Waals surface area contributed by atoms with Crippen LogP contribution in [0.1, 0.15) is 5.56 Å². The number of ether oxygens (including phenoxy) is 1. The van der Waals surface area contributed by atoms with Gasteiger partial charge in [0.15, 0.2) is 17.3 Å². The molecule has 12 heteroatoms. The molecule has 196 valence electrons. The van der Waals surface area contributed by atoms with Crippen LogP contribution in [0.15, 0.2) is 68.0 Å². The largest absolute Gasteiger partial charge is 0.457 e. The van der Waals surface area contributed by atoms with Crippen molar-refractivity contribution in [2.75, 3.05) is 36.4 Å². The third-order valence-electron chi connectivity index (χ3n) is 6.58. The van der Waals surface area contributed by atoms with Gasteiger partial charge in [0.2, 0.25) is 5.91 Å². The van der Waals surface area contributed by atoms with Crippen LogP contribution in [0.3, 0.4) is 0 Å². The van der Waals surface area contributed by atoms with Crippen molar-refractivity contribution in [1.29, 1.82) is 0 Å². The minimum atomic E-state index is -0.514. The first-order valence-corrected chi connectivity index (χ1v) is 12.3. The second-order valence-corrected chi connectivity index (χ2v) is 9.03. The molecule has 39 heavy (non-hydrogen) atoms. The zero-order valence-corrected chi connectivity index (χ0v) is 21.1. The first-order chi connectivity index (χ1) is 19.0. The third kappa shape index (κ3) is 4.67. The minimum absolute atomic E-state index is 0.135. The van der Waals surface area contributed by atoms with Gasteiger partial charge in [0.25, 0.3) is 0 Å². The van der Waals surface area contributed by atoms with E-state index in [0.29, 0.717) is 60.3 Å². The average molecular weight is 526 g/mol. The van der Waals surface area contributed by atoms with Crippen molar-refractivity contribution in [2.45, 2.75) is 6.92 Å². The molecule has 1 aromatic carbocycles. The molecule has 1 aliphatic heterocycles. The number of aromatic nitrogens is 6. The van der Waals surface area contributed by atoms with Crippen LogP contribution in [0.5, 0.6) is 11.5 Å². The molecule has 0 atom stereocenters. The van der Waals surface area contributed by atoms with Crippen LogP contribution in [0.4, 0.5) is 21.7 Å². The van der Waals surface area contributed by atoms with Gasteiger partial charge in [-0.2, -0.15) is 5.10 Å². The van der Waals surface area contributed by atoms with Crippen molar-refractivity contribution in [3.05, 3.63) is 79.4 Å². The predicted octanol–water partition coefficient (Wildman–Crippen LogP) is 3.89. The van der Waals surface area contributed by atoms with Gasteiger partial charge in [-0.25, -0.2) is 28.8 Å². The molecule has 0 radical (unpaired) electrons. The maximum absolute atomic E-state index is 15.9. The first-order valence-electron chi connectivity index (χ1n) is 12.3. The number of anilines is 3. The molecular weight excluding hydrogens is 501 g/mol. The molecule has 5 aromatic rings. The number of hydrogen-bond acceptors (Lipinski definition) is 9. The molecule has 1 fully saturated rings. The van der Waals surface area contributed by atoms with Crippen molar-refractivity contribution in [2.24, 2.45) is 0 Å². The molecule has 6 rings (SSSR count). The standard InChI is InChI=1S/C27H24FN9O2/c1-3-23(38)35-8-10-36(11-9-35)27-25(28)24-20(14-29-27)30-15-32-26(24)34-18-4-5-21(17(2)12-18)39-19-6-7-37-22(13-19)31-16-33-37/h3-7,12-16H,1,8-11H2,2H3,(H,30,32,34). The Hall–Kier alpha value is -5.13. The number of nitrogens with one attached hydrogen (secondary N) is 1. The summed E-state index contributed by atoms with van der Waals surface area (Å²) in [5.74, 6) is 1.19. The van der Waals surface area contributed by atoms with Crippen LogP contribution in [-0.2, 0) is 4.79 Å². The highest BCUT2D eigenvalue weighted by Gasteiger charge is 2.24. The second kappa shape index (κ2) is 9.97. The smallest absolute Gasteiger partial charge is 0.246 e. The van der Waals surface area contributed by atoms with E-state index in [1.807, 2.05) is 36.1 Å². The van der Waals surface area contributed by atoms with E-state index in [9.17, 15) is 4.79 Å². The fraction of sp³-hybridized carbons (Fsp3) is 0.185. The lowest BCUT2D eigenvalue weighted by molar-refractivity contribution is -0.126. The van der Waals surface area contributed by atoms with Gasteiger partial charge in [-0.3, -0.25) is 4.79 Å². The molecule has 1 amide bonds. The van der Waals surface area contributed by atoms with Gasteiger partial charge in [0.05, 0.1) is 17.1 Å². The molecule has 0 saturated carbocycles. The summed E-state index contributed by atoms with van der Waals surface area (Å²) in [4.78, 5) is 32.4. The number of pyridine rings is 2. The van der Waals surface area contributed by atoms with E-state index in [1.54, 1.807) is 21.7 Å². The molecule has 11 nitrogen and oxygen atoms in total. The Bertz CT molecular complexity index is 1710. The van der Waals surface area contributed by atoms with Crippen molar-refractivity contribution in [3.63, 3.8) is 0 Å². The number of nitrogens with zero attached hydrogens (tertiary/aromatic N) is 8. The summed E-state index contributed by atoms with van der Waals surface area (Å²) in [5, 5.41) is 7.55. The molecular formula is C27H24FN9O2. The highest BCUT2D eigenvalue weighted by atomic mass is 19.1. The topological polar surface area (TPSA) is 114 Å². The summed E-state index contributed by atoms with van der Waals surface area (Å²) < 4.78 is 23.6.